The number of ketones is 1. The largest absolute Gasteiger partial charge is 0.300 e. The molecule has 0 aliphatic rings. The van der Waals surface area contributed by atoms with Crippen molar-refractivity contribution in [3.8, 4) is 0 Å². The minimum Gasteiger partial charge on any atom is -0.300 e. The van der Waals surface area contributed by atoms with Crippen molar-refractivity contribution >= 4 is 16.6 Å². The molecule has 0 saturated carbocycles. The summed E-state index contributed by atoms with van der Waals surface area (Å²) in [6.07, 6.45) is 1.48. The highest BCUT2D eigenvalue weighted by atomic mass is 16.1. The Kier molecular flexibility index (Phi) is 5.41. The Bertz CT molecular complexity index is 486. The lowest BCUT2D eigenvalue weighted by Gasteiger charge is -2.02. The van der Waals surface area contributed by atoms with Crippen LogP contribution in [0.1, 0.15) is 32.8 Å². The number of carbonyl (C=O) groups is 1. The molecule has 2 rings (SSSR count). The summed E-state index contributed by atoms with van der Waals surface area (Å²) in [4.78, 5) is 10.9. The van der Waals surface area contributed by atoms with Gasteiger partial charge in [-0.1, -0.05) is 56.3 Å². The average molecular weight is 228 g/mol. The van der Waals surface area contributed by atoms with Crippen LogP contribution in [0.3, 0.4) is 0 Å². The van der Waals surface area contributed by atoms with Crippen molar-refractivity contribution in [3.05, 3.63) is 48.0 Å². The van der Waals surface area contributed by atoms with Crippen LogP contribution in [0, 0.1) is 0 Å². The zero-order valence-electron chi connectivity index (χ0n) is 10.9. The lowest BCUT2D eigenvalue weighted by Crippen LogP contribution is -1.93. The minimum atomic E-state index is 0.253. The molecule has 0 unspecified atom stereocenters. The Hall–Kier alpha value is -1.63. The molecule has 0 aromatic heterocycles. The van der Waals surface area contributed by atoms with Crippen LogP contribution in [0.5, 0.6) is 0 Å². The van der Waals surface area contributed by atoms with E-state index in [0.29, 0.717) is 6.42 Å². The Balaban J connectivity index is 0.000000686. The first-order valence-electron chi connectivity index (χ1n) is 6.23. The number of carbonyl (C=O) groups excluding carboxylic acids is 1. The summed E-state index contributed by atoms with van der Waals surface area (Å²) in [5.41, 5.74) is 1.24. The first-order valence-corrected chi connectivity index (χ1v) is 6.23. The van der Waals surface area contributed by atoms with E-state index < -0.39 is 0 Å². The van der Waals surface area contributed by atoms with Gasteiger partial charge in [0.25, 0.3) is 0 Å². The molecule has 1 heteroatoms. The van der Waals surface area contributed by atoms with Crippen LogP contribution in [-0.2, 0) is 11.2 Å². The first kappa shape index (κ1) is 13.4. The van der Waals surface area contributed by atoms with Crippen LogP contribution in [-0.4, -0.2) is 5.78 Å². The third-order valence-corrected chi connectivity index (χ3v) is 2.58. The molecule has 0 radical (unpaired) electrons. The van der Waals surface area contributed by atoms with Gasteiger partial charge in [0.2, 0.25) is 0 Å². The van der Waals surface area contributed by atoms with Gasteiger partial charge in [-0.25, -0.2) is 0 Å². The van der Waals surface area contributed by atoms with E-state index in [-0.39, 0.29) is 5.78 Å². The predicted molar refractivity (Wildman–Crippen MR) is 74.3 cm³/mol. The number of rotatable bonds is 3. The maximum atomic E-state index is 10.9. The zero-order chi connectivity index (χ0) is 12.7. The molecule has 2 aromatic rings. The smallest absolute Gasteiger partial charge is 0.130 e. The van der Waals surface area contributed by atoms with Crippen LogP contribution in [0.25, 0.3) is 10.8 Å². The van der Waals surface area contributed by atoms with E-state index in [2.05, 4.69) is 30.3 Å². The average Bonchev–Trinajstić information content (AvgIpc) is 2.38. The molecular weight excluding hydrogens is 208 g/mol. The van der Waals surface area contributed by atoms with Gasteiger partial charge in [-0.2, -0.15) is 0 Å². The number of Topliss-reactive ketones (excluding diaryl/α,β-unsaturated/α-hetero) is 1. The number of benzene rings is 2. The van der Waals surface area contributed by atoms with E-state index in [4.69, 9.17) is 0 Å². The second-order valence-electron chi connectivity index (χ2n) is 3.88. The van der Waals surface area contributed by atoms with E-state index in [1.807, 2.05) is 26.0 Å². The molecule has 0 bridgehead atoms. The minimum absolute atomic E-state index is 0.253. The van der Waals surface area contributed by atoms with Crippen LogP contribution in [0.2, 0.25) is 0 Å². The second-order valence-corrected chi connectivity index (χ2v) is 3.88. The molecule has 2 aromatic carbocycles. The van der Waals surface area contributed by atoms with Gasteiger partial charge in [-0.15, -0.1) is 0 Å². The van der Waals surface area contributed by atoms with E-state index in [0.717, 1.165) is 6.42 Å². The van der Waals surface area contributed by atoms with Gasteiger partial charge in [0.15, 0.2) is 0 Å². The SMILES string of the molecule is CC.CC(=O)CCc1ccc2ccccc2c1. The monoisotopic (exact) mass is 228 g/mol. The topological polar surface area (TPSA) is 17.1 Å². The lowest BCUT2D eigenvalue weighted by molar-refractivity contribution is -0.116. The van der Waals surface area contributed by atoms with Crippen LogP contribution < -0.4 is 0 Å². The highest BCUT2D eigenvalue weighted by molar-refractivity contribution is 5.83. The maximum Gasteiger partial charge on any atom is 0.130 e. The quantitative estimate of drug-likeness (QED) is 0.761. The van der Waals surface area contributed by atoms with E-state index in [9.17, 15) is 4.79 Å². The van der Waals surface area contributed by atoms with Gasteiger partial charge in [-0.3, -0.25) is 0 Å². The molecule has 0 aliphatic heterocycles. The van der Waals surface area contributed by atoms with Crippen molar-refractivity contribution in [2.45, 2.75) is 33.6 Å². The number of fused-ring (bicyclic) bond motifs is 1. The van der Waals surface area contributed by atoms with Crippen molar-refractivity contribution in [2.75, 3.05) is 0 Å². The highest BCUT2D eigenvalue weighted by Gasteiger charge is 1.98. The van der Waals surface area contributed by atoms with Gasteiger partial charge in [0.1, 0.15) is 5.78 Å². The first-order chi connectivity index (χ1) is 8.25. The summed E-state index contributed by atoms with van der Waals surface area (Å²) in [6.45, 7) is 5.64. The number of hydrogen-bond donors (Lipinski definition) is 0. The van der Waals surface area contributed by atoms with Gasteiger partial charge in [0, 0.05) is 6.42 Å². The Morgan fingerprint density at radius 2 is 1.65 bits per heavy atom. The molecule has 0 amide bonds. The fourth-order valence-corrected chi connectivity index (χ4v) is 1.71. The van der Waals surface area contributed by atoms with Crippen LogP contribution in [0.4, 0.5) is 0 Å². The number of hydrogen-bond acceptors (Lipinski definition) is 1. The summed E-state index contributed by atoms with van der Waals surface area (Å²) in [7, 11) is 0. The third kappa shape index (κ3) is 4.03. The zero-order valence-corrected chi connectivity index (χ0v) is 10.9. The van der Waals surface area contributed by atoms with Crippen LogP contribution >= 0.6 is 0 Å². The van der Waals surface area contributed by atoms with E-state index >= 15 is 0 Å². The molecule has 17 heavy (non-hydrogen) atoms. The molecule has 0 atom stereocenters. The summed E-state index contributed by atoms with van der Waals surface area (Å²) < 4.78 is 0. The van der Waals surface area contributed by atoms with E-state index in [1.165, 1.54) is 16.3 Å². The fourth-order valence-electron chi connectivity index (χ4n) is 1.71. The van der Waals surface area contributed by atoms with Crippen LogP contribution in [0.15, 0.2) is 42.5 Å². The predicted octanol–water partition coefficient (Wildman–Crippen LogP) is 4.39. The standard InChI is InChI=1S/C14H14O.C2H6/c1-11(15)6-7-12-8-9-13-4-2-3-5-14(13)10-12;1-2/h2-5,8-10H,6-7H2,1H3;1-2H3. The Morgan fingerprint density at radius 1 is 1.00 bits per heavy atom. The molecular formula is C16H20O. The Labute approximate surface area is 103 Å². The molecule has 1 nitrogen and oxygen atoms in total. The van der Waals surface area contributed by atoms with Crippen molar-refractivity contribution < 1.29 is 4.79 Å². The summed E-state index contributed by atoms with van der Waals surface area (Å²) in [5.74, 6) is 0.253. The highest BCUT2D eigenvalue weighted by Crippen LogP contribution is 2.16. The van der Waals surface area contributed by atoms with Crippen molar-refractivity contribution in [1.82, 2.24) is 0 Å². The molecule has 0 spiro atoms. The van der Waals surface area contributed by atoms with Gasteiger partial charge < -0.3 is 4.79 Å². The van der Waals surface area contributed by atoms with Crippen molar-refractivity contribution in [1.29, 1.82) is 0 Å². The van der Waals surface area contributed by atoms with E-state index in [1.54, 1.807) is 6.92 Å². The normalized spacial score (nSPS) is 9.59. The third-order valence-electron chi connectivity index (χ3n) is 2.58. The molecule has 0 aliphatic carbocycles. The van der Waals surface area contributed by atoms with Gasteiger partial charge >= 0.3 is 0 Å². The maximum absolute atomic E-state index is 10.9. The Morgan fingerprint density at radius 3 is 2.29 bits per heavy atom. The lowest BCUT2D eigenvalue weighted by atomic mass is 10.0. The second kappa shape index (κ2) is 6.85. The molecule has 0 heterocycles. The van der Waals surface area contributed by atoms with Gasteiger partial charge in [0.05, 0.1) is 0 Å². The fraction of sp³-hybridized carbons (Fsp3) is 0.312. The van der Waals surface area contributed by atoms with Crippen molar-refractivity contribution in [2.24, 2.45) is 0 Å². The molecule has 90 valence electrons. The molecule has 0 N–H and O–H groups in total. The van der Waals surface area contributed by atoms with Crippen molar-refractivity contribution in [3.63, 3.8) is 0 Å². The van der Waals surface area contributed by atoms with Gasteiger partial charge in [-0.05, 0) is 29.7 Å². The molecule has 0 fully saturated rings. The number of aryl methyl sites for hydroxylation is 1. The molecule has 0 saturated heterocycles. The summed E-state index contributed by atoms with van der Waals surface area (Å²) in [5, 5.41) is 2.50. The summed E-state index contributed by atoms with van der Waals surface area (Å²) >= 11 is 0. The summed E-state index contributed by atoms with van der Waals surface area (Å²) in [6, 6.07) is 14.7.